The zero-order chi connectivity index (χ0) is 9.54. The molecule has 14 heavy (non-hydrogen) atoms. The summed E-state index contributed by atoms with van der Waals surface area (Å²) in [5, 5.41) is 3.30. The first-order chi connectivity index (χ1) is 6.84. The first kappa shape index (κ1) is 8.12. The molecule has 1 aromatic rings. The van der Waals surface area contributed by atoms with Gasteiger partial charge in [0.15, 0.2) is 0 Å². The first-order valence-corrected chi connectivity index (χ1v) is 5.06. The van der Waals surface area contributed by atoms with Gasteiger partial charge in [-0.1, -0.05) is 6.07 Å². The third-order valence-electron chi connectivity index (χ3n) is 2.89. The summed E-state index contributed by atoms with van der Waals surface area (Å²) >= 11 is 0. The third-order valence-corrected chi connectivity index (χ3v) is 2.89. The van der Waals surface area contributed by atoms with E-state index in [0.29, 0.717) is 6.04 Å². The van der Waals surface area contributed by atoms with Crippen LogP contribution in [-0.4, -0.2) is 26.7 Å². The van der Waals surface area contributed by atoms with E-state index < -0.39 is 0 Å². The Labute approximate surface area is 83.7 Å². The van der Waals surface area contributed by atoms with Crippen LogP contribution in [0.5, 0.6) is 5.75 Å². The van der Waals surface area contributed by atoms with Crippen LogP contribution < -0.4 is 15.0 Å². The third kappa shape index (κ3) is 1.24. The zero-order valence-electron chi connectivity index (χ0n) is 8.29. The molecular formula is C11H14N2O. The van der Waals surface area contributed by atoms with Gasteiger partial charge < -0.3 is 15.0 Å². The molecule has 1 saturated heterocycles. The van der Waals surface area contributed by atoms with Gasteiger partial charge in [0.2, 0.25) is 0 Å². The summed E-state index contributed by atoms with van der Waals surface area (Å²) in [6, 6.07) is 7.07. The van der Waals surface area contributed by atoms with E-state index in [4.69, 9.17) is 4.74 Å². The smallest absolute Gasteiger partial charge is 0.143 e. The maximum Gasteiger partial charge on any atom is 0.143 e. The molecule has 1 fully saturated rings. The molecule has 1 aromatic carbocycles. The molecular weight excluding hydrogens is 176 g/mol. The van der Waals surface area contributed by atoms with E-state index in [9.17, 15) is 0 Å². The van der Waals surface area contributed by atoms with Crippen molar-refractivity contribution in [2.24, 2.45) is 0 Å². The van der Waals surface area contributed by atoms with Gasteiger partial charge in [0.1, 0.15) is 12.4 Å². The molecule has 3 nitrogen and oxygen atoms in total. The average molecular weight is 190 g/mol. The van der Waals surface area contributed by atoms with Gasteiger partial charge in [-0.25, -0.2) is 0 Å². The van der Waals surface area contributed by atoms with Crippen molar-refractivity contribution in [3.63, 3.8) is 0 Å². The zero-order valence-corrected chi connectivity index (χ0v) is 8.29. The molecule has 0 bridgehead atoms. The van der Waals surface area contributed by atoms with Crippen molar-refractivity contribution in [1.82, 2.24) is 5.32 Å². The highest BCUT2D eigenvalue weighted by Crippen LogP contribution is 2.34. The maximum atomic E-state index is 5.64. The lowest BCUT2D eigenvalue weighted by Gasteiger charge is -2.27. The van der Waals surface area contributed by atoms with Gasteiger partial charge in [-0.05, 0) is 17.7 Å². The minimum Gasteiger partial charge on any atom is -0.490 e. The second-order valence-corrected chi connectivity index (χ2v) is 3.96. The number of hydrogen-bond acceptors (Lipinski definition) is 3. The lowest BCUT2D eigenvalue weighted by Crippen LogP contribution is -2.28. The normalized spacial score (nSPS) is 24.1. The van der Waals surface area contributed by atoms with Gasteiger partial charge in [0.25, 0.3) is 0 Å². The second-order valence-electron chi connectivity index (χ2n) is 3.96. The highest BCUT2D eigenvalue weighted by Gasteiger charge is 2.24. The quantitative estimate of drug-likeness (QED) is 0.675. The highest BCUT2D eigenvalue weighted by atomic mass is 16.5. The van der Waals surface area contributed by atoms with Gasteiger partial charge in [0.05, 0.1) is 12.2 Å². The molecule has 0 aromatic heterocycles. The largest absolute Gasteiger partial charge is 0.490 e. The van der Waals surface area contributed by atoms with Crippen LogP contribution >= 0.6 is 0 Å². The van der Waals surface area contributed by atoms with Crippen LogP contribution in [0, 0.1) is 0 Å². The van der Waals surface area contributed by atoms with Crippen molar-refractivity contribution < 1.29 is 4.74 Å². The van der Waals surface area contributed by atoms with E-state index in [1.54, 1.807) is 0 Å². The van der Waals surface area contributed by atoms with Crippen LogP contribution in [-0.2, 0) is 0 Å². The molecule has 2 heterocycles. The molecule has 0 saturated carbocycles. The molecule has 0 amide bonds. The molecule has 3 heteroatoms. The number of anilines is 1. The molecule has 74 valence electrons. The lowest BCUT2D eigenvalue weighted by molar-refractivity contribution is 0.311. The predicted molar refractivity (Wildman–Crippen MR) is 56.0 cm³/mol. The Bertz CT molecular complexity index is 360. The van der Waals surface area contributed by atoms with E-state index >= 15 is 0 Å². The van der Waals surface area contributed by atoms with Gasteiger partial charge >= 0.3 is 0 Å². The van der Waals surface area contributed by atoms with Crippen molar-refractivity contribution in [2.45, 2.75) is 6.04 Å². The van der Waals surface area contributed by atoms with Crippen LogP contribution in [0.4, 0.5) is 5.69 Å². The minimum atomic E-state index is 0.566. The van der Waals surface area contributed by atoms with Crippen molar-refractivity contribution in [3.05, 3.63) is 23.8 Å². The number of hydrogen-bond donors (Lipinski definition) is 1. The van der Waals surface area contributed by atoms with Crippen LogP contribution in [0.15, 0.2) is 18.2 Å². The van der Waals surface area contributed by atoms with E-state index in [-0.39, 0.29) is 0 Å². The van der Waals surface area contributed by atoms with Crippen LogP contribution in [0.2, 0.25) is 0 Å². The summed E-state index contributed by atoms with van der Waals surface area (Å²) in [6.07, 6.45) is 0. The molecule has 3 rings (SSSR count). The number of benzene rings is 1. The first-order valence-electron chi connectivity index (χ1n) is 5.06. The lowest BCUT2D eigenvalue weighted by atomic mass is 10.1. The molecule has 0 radical (unpaired) electrons. The summed E-state index contributed by atoms with van der Waals surface area (Å²) in [7, 11) is 2.11. The summed E-state index contributed by atoms with van der Waals surface area (Å²) < 4.78 is 5.64. The monoisotopic (exact) mass is 190 g/mol. The van der Waals surface area contributed by atoms with E-state index in [2.05, 4.69) is 35.5 Å². The van der Waals surface area contributed by atoms with Crippen molar-refractivity contribution in [2.75, 3.05) is 31.6 Å². The fraction of sp³-hybridized carbons (Fsp3) is 0.455. The Morgan fingerprint density at radius 1 is 1.50 bits per heavy atom. The van der Waals surface area contributed by atoms with Crippen molar-refractivity contribution in [1.29, 1.82) is 0 Å². The molecule has 2 aliphatic heterocycles. The number of likely N-dealkylation sites (N-methyl/N-ethyl adjacent to an activating group) is 1. The highest BCUT2D eigenvalue weighted by molar-refractivity contribution is 5.61. The standard InChI is InChI=1S/C11H14N2O/c1-13-4-5-14-11-6-8(9-7-12-9)2-3-10(11)13/h2-3,6,9,12H,4-5,7H2,1H3/t9-/m1/s1. The molecule has 0 spiro atoms. The van der Waals surface area contributed by atoms with Crippen LogP contribution in [0.25, 0.3) is 0 Å². The number of nitrogens with zero attached hydrogens (tertiary/aromatic N) is 1. The number of rotatable bonds is 1. The Hall–Kier alpha value is -1.22. The second kappa shape index (κ2) is 2.89. The predicted octanol–water partition coefficient (Wildman–Crippen LogP) is 1.16. The van der Waals surface area contributed by atoms with Gasteiger partial charge in [0, 0.05) is 19.6 Å². The van der Waals surface area contributed by atoms with Crippen LogP contribution in [0.1, 0.15) is 11.6 Å². The summed E-state index contributed by atoms with van der Waals surface area (Å²) in [6.45, 7) is 2.88. The van der Waals surface area contributed by atoms with Crippen molar-refractivity contribution in [3.8, 4) is 5.75 Å². The number of ether oxygens (including phenoxy) is 1. The summed E-state index contributed by atoms with van der Waals surface area (Å²) in [4.78, 5) is 2.24. The SMILES string of the molecule is CN1CCOc2cc([C@H]3CN3)ccc21. The Kier molecular flexibility index (Phi) is 1.67. The minimum absolute atomic E-state index is 0.566. The Morgan fingerprint density at radius 3 is 3.14 bits per heavy atom. The summed E-state index contributed by atoms with van der Waals surface area (Å²) in [5.41, 5.74) is 2.56. The molecule has 1 N–H and O–H groups in total. The summed E-state index contributed by atoms with van der Waals surface area (Å²) in [5.74, 6) is 1.03. The molecule has 0 aliphatic carbocycles. The van der Waals surface area contributed by atoms with E-state index in [0.717, 1.165) is 25.4 Å². The fourth-order valence-electron chi connectivity index (χ4n) is 1.89. The van der Waals surface area contributed by atoms with Crippen molar-refractivity contribution >= 4 is 5.69 Å². The van der Waals surface area contributed by atoms with Gasteiger partial charge in [-0.3, -0.25) is 0 Å². The van der Waals surface area contributed by atoms with E-state index in [1.807, 2.05) is 0 Å². The number of fused-ring (bicyclic) bond motifs is 1. The topological polar surface area (TPSA) is 34.4 Å². The average Bonchev–Trinajstić information content (AvgIpc) is 3.01. The van der Waals surface area contributed by atoms with Gasteiger partial charge in [-0.15, -0.1) is 0 Å². The molecule has 0 unspecified atom stereocenters. The fourth-order valence-corrected chi connectivity index (χ4v) is 1.89. The molecule has 1 atom stereocenters. The number of nitrogens with one attached hydrogen (secondary N) is 1. The molecule has 2 aliphatic rings. The van der Waals surface area contributed by atoms with E-state index in [1.165, 1.54) is 11.3 Å². The van der Waals surface area contributed by atoms with Crippen LogP contribution in [0.3, 0.4) is 0 Å². The maximum absolute atomic E-state index is 5.64. The Balaban J connectivity index is 2.00. The van der Waals surface area contributed by atoms with Gasteiger partial charge in [-0.2, -0.15) is 0 Å². The Morgan fingerprint density at radius 2 is 2.36 bits per heavy atom.